The number of tetrazole rings is 1. The Hall–Kier alpha value is -1.37. The zero-order valence-electron chi connectivity index (χ0n) is 10.4. The topological polar surface area (TPSA) is 72.7 Å². The lowest BCUT2D eigenvalue weighted by molar-refractivity contribution is -0.125. The number of nitrogens with zero attached hydrogens (tertiary/aromatic N) is 4. The molecule has 1 aliphatic carbocycles. The Morgan fingerprint density at radius 1 is 1.61 bits per heavy atom. The maximum atomic E-state index is 11.8. The molecular formula is C11H17N5OS. The molecule has 1 amide bonds. The van der Waals surface area contributed by atoms with Gasteiger partial charge < -0.3 is 5.32 Å². The summed E-state index contributed by atoms with van der Waals surface area (Å²) >= 11 is 1.54. The summed E-state index contributed by atoms with van der Waals surface area (Å²) < 4.78 is 1.62. The predicted octanol–water partition coefficient (Wildman–Crippen LogP) is 0.775. The van der Waals surface area contributed by atoms with Crippen molar-refractivity contribution >= 4 is 17.7 Å². The summed E-state index contributed by atoms with van der Waals surface area (Å²) in [5, 5.41) is 14.9. The van der Waals surface area contributed by atoms with Crippen molar-refractivity contribution in [3.8, 4) is 0 Å². The molecule has 0 fully saturated rings. The van der Waals surface area contributed by atoms with Crippen molar-refractivity contribution in [3.63, 3.8) is 0 Å². The van der Waals surface area contributed by atoms with Crippen LogP contribution in [0.25, 0.3) is 0 Å². The fourth-order valence-corrected chi connectivity index (χ4v) is 2.54. The van der Waals surface area contributed by atoms with Crippen LogP contribution in [-0.4, -0.2) is 38.4 Å². The van der Waals surface area contributed by atoms with Gasteiger partial charge in [-0.15, -0.1) is 5.10 Å². The quantitative estimate of drug-likeness (QED) is 0.485. The van der Waals surface area contributed by atoms with E-state index in [2.05, 4.69) is 33.0 Å². The first-order chi connectivity index (χ1) is 8.77. The van der Waals surface area contributed by atoms with E-state index in [0.29, 0.717) is 6.54 Å². The van der Waals surface area contributed by atoms with Crippen molar-refractivity contribution in [2.45, 2.75) is 24.4 Å². The number of allylic oxidation sites excluding steroid dienone is 2. The molecule has 0 saturated carbocycles. The van der Waals surface area contributed by atoms with Crippen molar-refractivity contribution in [1.82, 2.24) is 25.5 Å². The molecule has 0 aliphatic heterocycles. The van der Waals surface area contributed by atoms with Crippen molar-refractivity contribution in [1.29, 1.82) is 0 Å². The number of aromatic nitrogens is 4. The van der Waals surface area contributed by atoms with Crippen molar-refractivity contribution in [3.05, 3.63) is 12.2 Å². The lowest BCUT2D eigenvalue weighted by Gasteiger charge is -2.16. The number of aryl methyl sites for hydroxylation is 1. The van der Waals surface area contributed by atoms with E-state index in [1.165, 1.54) is 0 Å². The summed E-state index contributed by atoms with van der Waals surface area (Å²) in [5.41, 5.74) is 0. The first kappa shape index (κ1) is 13.1. The maximum absolute atomic E-state index is 11.8. The van der Waals surface area contributed by atoms with Crippen LogP contribution in [0, 0.1) is 5.92 Å². The van der Waals surface area contributed by atoms with Crippen LogP contribution in [0.3, 0.4) is 0 Å². The van der Waals surface area contributed by atoms with Crippen LogP contribution in [0.15, 0.2) is 17.3 Å². The summed E-state index contributed by atoms with van der Waals surface area (Å²) in [4.78, 5) is 11.8. The van der Waals surface area contributed by atoms with Gasteiger partial charge in [-0.05, 0) is 29.7 Å². The van der Waals surface area contributed by atoms with Gasteiger partial charge in [-0.25, -0.2) is 4.68 Å². The molecule has 0 unspecified atom stereocenters. The van der Waals surface area contributed by atoms with E-state index in [1.54, 1.807) is 23.5 Å². The second-order valence-corrected chi connectivity index (χ2v) is 5.27. The Morgan fingerprint density at radius 2 is 2.50 bits per heavy atom. The number of rotatable bonds is 5. The summed E-state index contributed by atoms with van der Waals surface area (Å²) in [6.07, 6.45) is 7.07. The minimum absolute atomic E-state index is 0.150. The van der Waals surface area contributed by atoms with E-state index >= 15 is 0 Å². The van der Waals surface area contributed by atoms with E-state index < -0.39 is 0 Å². The zero-order chi connectivity index (χ0) is 12.8. The summed E-state index contributed by atoms with van der Waals surface area (Å²) in [6, 6.07) is 0. The maximum Gasteiger partial charge on any atom is 0.223 e. The monoisotopic (exact) mass is 267 g/mol. The number of amides is 1. The third kappa shape index (κ3) is 3.56. The van der Waals surface area contributed by atoms with Crippen LogP contribution in [0.4, 0.5) is 0 Å². The largest absolute Gasteiger partial charge is 0.355 e. The lowest BCUT2D eigenvalue weighted by Crippen LogP contribution is -2.32. The van der Waals surface area contributed by atoms with Crippen LogP contribution in [0.2, 0.25) is 0 Å². The second kappa shape index (κ2) is 6.53. The van der Waals surface area contributed by atoms with E-state index in [-0.39, 0.29) is 11.8 Å². The average Bonchev–Trinajstić information content (AvgIpc) is 2.81. The van der Waals surface area contributed by atoms with Gasteiger partial charge in [0.05, 0.1) is 0 Å². The fourth-order valence-electron chi connectivity index (χ4n) is 1.84. The lowest BCUT2D eigenvalue weighted by atomic mass is 9.94. The highest BCUT2D eigenvalue weighted by atomic mass is 32.2. The molecule has 1 aromatic heterocycles. The molecule has 0 spiro atoms. The molecular weight excluding hydrogens is 250 g/mol. The number of carbonyl (C=O) groups excluding carboxylic acids is 1. The van der Waals surface area contributed by atoms with Gasteiger partial charge in [0.25, 0.3) is 0 Å². The highest BCUT2D eigenvalue weighted by molar-refractivity contribution is 7.99. The number of nitrogens with one attached hydrogen (secondary N) is 1. The van der Waals surface area contributed by atoms with E-state index in [4.69, 9.17) is 0 Å². The van der Waals surface area contributed by atoms with E-state index in [1.807, 2.05) is 0 Å². The van der Waals surface area contributed by atoms with Crippen molar-refractivity contribution in [2.75, 3.05) is 12.3 Å². The minimum atomic E-state index is 0.150. The Labute approximate surface area is 110 Å². The van der Waals surface area contributed by atoms with Crippen molar-refractivity contribution in [2.24, 2.45) is 13.0 Å². The summed E-state index contributed by atoms with van der Waals surface area (Å²) in [5.74, 6) is 1.09. The third-order valence-corrected chi connectivity index (χ3v) is 3.87. The van der Waals surface area contributed by atoms with Gasteiger partial charge in [0.15, 0.2) is 0 Å². The molecule has 1 atom stereocenters. The Morgan fingerprint density at radius 3 is 3.17 bits per heavy atom. The van der Waals surface area contributed by atoms with Crippen LogP contribution < -0.4 is 5.32 Å². The Balaban J connectivity index is 1.65. The van der Waals surface area contributed by atoms with Gasteiger partial charge in [-0.2, -0.15) is 0 Å². The molecule has 6 nitrogen and oxygen atoms in total. The zero-order valence-corrected chi connectivity index (χ0v) is 11.2. The fraction of sp³-hybridized carbons (Fsp3) is 0.636. The summed E-state index contributed by atoms with van der Waals surface area (Å²) in [7, 11) is 1.80. The van der Waals surface area contributed by atoms with Crippen molar-refractivity contribution < 1.29 is 4.79 Å². The van der Waals surface area contributed by atoms with Gasteiger partial charge in [-0.3, -0.25) is 4.79 Å². The second-order valence-electron chi connectivity index (χ2n) is 4.21. The first-order valence-electron chi connectivity index (χ1n) is 6.05. The molecule has 7 heteroatoms. The van der Waals surface area contributed by atoms with Crippen LogP contribution in [0.1, 0.15) is 19.3 Å². The average molecular weight is 267 g/mol. The van der Waals surface area contributed by atoms with Gasteiger partial charge in [0.2, 0.25) is 11.1 Å². The molecule has 0 bridgehead atoms. The standard InChI is InChI=1S/C11H17N5OS/c1-16-11(13-14-15-16)18-8-7-12-10(17)9-5-3-2-4-6-9/h2-3,9H,4-8H2,1H3,(H,12,17)/t9-/m0/s1. The Bertz CT molecular complexity index is 431. The van der Waals surface area contributed by atoms with Crippen LogP contribution >= 0.6 is 11.8 Å². The molecule has 1 N–H and O–H groups in total. The highest BCUT2D eigenvalue weighted by Gasteiger charge is 2.17. The minimum Gasteiger partial charge on any atom is -0.355 e. The Kier molecular flexibility index (Phi) is 4.74. The number of thioether (sulfide) groups is 1. The molecule has 98 valence electrons. The smallest absolute Gasteiger partial charge is 0.223 e. The molecule has 0 aromatic carbocycles. The number of hydrogen-bond donors (Lipinski definition) is 1. The van der Waals surface area contributed by atoms with Gasteiger partial charge in [0.1, 0.15) is 0 Å². The molecule has 0 saturated heterocycles. The van der Waals surface area contributed by atoms with Gasteiger partial charge >= 0.3 is 0 Å². The molecule has 0 radical (unpaired) electrons. The molecule has 2 rings (SSSR count). The predicted molar refractivity (Wildman–Crippen MR) is 69.0 cm³/mol. The molecule has 18 heavy (non-hydrogen) atoms. The van der Waals surface area contributed by atoms with E-state index in [9.17, 15) is 4.79 Å². The van der Waals surface area contributed by atoms with Crippen LogP contribution in [0.5, 0.6) is 0 Å². The van der Waals surface area contributed by atoms with Gasteiger partial charge in [-0.1, -0.05) is 23.9 Å². The SMILES string of the molecule is Cn1nnnc1SCCNC(=O)[C@H]1CC=CCC1. The summed E-state index contributed by atoms with van der Waals surface area (Å²) in [6.45, 7) is 0.649. The normalized spacial score (nSPS) is 18.8. The molecule has 1 heterocycles. The number of carbonyl (C=O) groups is 1. The number of hydrogen-bond acceptors (Lipinski definition) is 5. The highest BCUT2D eigenvalue weighted by Crippen LogP contribution is 2.18. The molecule has 1 aromatic rings. The third-order valence-electron chi connectivity index (χ3n) is 2.85. The van der Waals surface area contributed by atoms with E-state index in [0.717, 1.165) is 30.2 Å². The first-order valence-corrected chi connectivity index (χ1v) is 7.04. The van der Waals surface area contributed by atoms with Gasteiger partial charge in [0, 0.05) is 25.3 Å². The molecule has 1 aliphatic rings. The van der Waals surface area contributed by atoms with Crippen LogP contribution in [-0.2, 0) is 11.8 Å².